The number of halogens is 1. The van der Waals surface area contributed by atoms with Crippen LogP contribution in [0.25, 0.3) is 5.65 Å². The van der Waals surface area contributed by atoms with Gasteiger partial charge in [0.1, 0.15) is 0 Å². The number of amides is 1. The molecule has 0 saturated heterocycles. The van der Waals surface area contributed by atoms with Crippen LogP contribution in [0.4, 0.5) is 0 Å². The van der Waals surface area contributed by atoms with E-state index in [0.29, 0.717) is 24.4 Å². The van der Waals surface area contributed by atoms with E-state index in [9.17, 15) is 4.79 Å². The van der Waals surface area contributed by atoms with Gasteiger partial charge in [0, 0.05) is 31.5 Å². The third-order valence-electron chi connectivity index (χ3n) is 3.71. The number of fused-ring (bicyclic) bond motifs is 1. The second-order valence-electron chi connectivity index (χ2n) is 5.04. The van der Waals surface area contributed by atoms with Gasteiger partial charge in [0.15, 0.2) is 11.3 Å². The molecular formula is C16H15BrN4O. The lowest BCUT2D eigenvalue weighted by molar-refractivity contribution is 0.0759. The Balaban J connectivity index is 1.88. The van der Waals surface area contributed by atoms with Crippen LogP contribution < -0.4 is 0 Å². The van der Waals surface area contributed by atoms with E-state index in [1.54, 1.807) is 34.0 Å². The van der Waals surface area contributed by atoms with Gasteiger partial charge < -0.3 is 4.90 Å². The van der Waals surface area contributed by atoms with Crippen LogP contribution in [0.2, 0.25) is 0 Å². The van der Waals surface area contributed by atoms with E-state index in [-0.39, 0.29) is 5.91 Å². The number of carbonyl (C=O) groups excluding carboxylic acids is 1. The highest BCUT2D eigenvalue weighted by Gasteiger charge is 2.23. The molecule has 1 aliphatic rings. The highest BCUT2D eigenvalue weighted by Crippen LogP contribution is 2.21. The van der Waals surface area contributed by atoms with E-state index >= 15 is 0 Å². The predicted octanol–water partition coefficient (Wildman–Crippen LogP) is 3.01. The van der Waals surface area contributed by atoms with E-state index < -0.39 is 0 Å². The zero-order valence-corrected chi connectivity index (χ0v) is 13.6. The summed E-state index contributed by atoms with van der Waals surface area (Å²) in [5.41, 5.74) is 3.24. The van der Waals surface area contributed by atoms with E-state index in [0.717, 1.165) is 22.0 Å². The molecule has 1 amide bonds. The van der Waals surface area contributed by atoms with Gasteiger partial charge in [-0.2, -0.15) is 5.10 Å². The van der Waals surface area contributed by atoms with E-state index in [1.165, 1.54) is 0 Å². The van der Waals surface area contributed by atoms with Crippen molar-refractivity contribution >= 4 is 27.5 Å². The maximum Gasteiger partial charge on any atom is 0.274 e. The smallest absolute Gasteiger partial charge is 0.274 e. The average molecular weight is 359 g/mol. The largest absolute Gasteiger partial charge is 0.333 e. The lowest BCUT2D eigenvalue weighted by Crippen LogP contribution is -2.36. The summed E-state index contributed by atoms with van der Waals surface area (Å²) in [5, 5.41) is 4.31. The lowest BCUT2D eigenvalue weighted by Gasteiger charge is -2.28. The van der Waals surface area contributed by atoms with Crippen LogP contribution >= 0.6 is 15.9 Å². The molecule has 0 saturated carbocycles. The summed E-state index contributed by atoms with van der Waals surface area (Å²) in [4.78, 5) is 18.6. The number of nitrogens with zero attached hydrogens (tertiary/aromatic N) is 4. The lowest BCUT2D eigenvalue weighted by atomic mass is 10.00. The zero-order valence-electron chi connectivity index (χ0n) is 12.0. The second kappa shape index (κ2) is 5.88. The highest BCUT2D eigenvalue weighted by molar-refractivity contribution is 9.10. The van der Waals surface area contributed by atoms with Crippen molar-refractivity contribution in [1.29, 1.82) is 0 Å². The van der Waals surface area contributed by atoms with E-state index in [1.807, 2.05) is 6.08 Å². The molecule has 2 aromatic rings. The molecule has 0 aromatic carbocycles. The Morgan fingerprint density at radius 1 is 1.32 bits per heavy atom. The maximum atomic E-state index is 12.6. The van der Waals surface area contributed by atoms with Gasteiger partial charge in [-0.05, 0) is 33.5 Å². The van der Waals surface area contributed by atoms with Gasteiger partial charge in [-0.25, -0.2) is 9.50 Å². The van der Waals surface area contributed by atoms with Crippen LogP contribution in [0, 0.1) is 0 Å². The summed E-state index contributed by atoms with van der Waals surface area (Å²) in [5.74, 6) is -0.0934. The molecule has 1 aliphatic heterocycles. The molecule has 0 atom stereocenters. The van der Waals surface area contributed by atoms with Gasteiger partial charge >= 0.3 is 0 Å². The van der Waals surface area contributed by atoms with Crippen LogP contribution in [0.15, 0.2) is 59.4 Å². The average Bonchev–Trinajstić information content (AvgIpc) is 2.96. The summed E-state index contributed by atoms with van der Waals surface area (Å²) < 4.78 is 2.41. The summed E-state index contributed by atoms with van der Waals surface area (Å²) >= 11 is 3.34. The van der Waals surface area contributed by atoms with Crippen LogP contribution in [-0.4, -0.2) is 38.5 Å². The number of rotatable bonds is 3. The van der Waals surface area contributed by atoms with Crippen LogP contribution in [0.3, 0.4) is 0 Å². The molecule has 0 spiro atoms. The van der Waals surface area contributed by atoms with Crippen molar-refractivity contribution in [3.63, 3.8) is 0 Å². The Kier molecular flexibility index (Phi) is 3.94. The van der Waals surface area contributed by atoms with Crippen LogP contribution in [0.1, 0.15) is 16.9 Å². The number of allylic oxidation sites excluding steroid dienone is 1. The van der Waals surface area contributed by atoms with E-state index in [2.05, 4.69) is 39.2 Å². The predicted molar refractivity (Wildman–Crippen MR) is 88.6 cm³/mol. The van der Waals surface area contributed by atoms with E-state index in [4.69, 9.17) is 0 Å². The first kappa shape index (κ1) is 14.7. The number of aromatic nitrogens is 3. The Morgan fingerprint density at radius 3 is 2.82 bits per heavy atom. The fraction of sp³-hybridized carbons (Fsp3) is 0.188. The van der Waals surface area contributed by atoms with Gasteiger partial charge in [0.2, 0.25) is 0 Å². The molecule has 2 aromatic heterocycles. The number of hydrogen-bond acceptors (Lipinski definition) is 3. The Hall–Kier alpha value is -2.21. The van der Waals surface area contributed by atoms with Crippen molar-refractivity contribution < 1.29 is 4.79 Å². The molecule has 0 fully saturated rings. The van der Waals surface area contributed by atoms with Gasteiger partial charge in [-0.3, -0.25) is 4.79 Å². The molecule has 0 N–H and O–H groups in total. The first-order valence-electron chi connectivity index (χ1n) is 6.89. The molecule has 0 unspecified atom stereocenters. The molecule has 5 nitrogen and oxygen atoms in total. The van der Waals surface area contributed by atoms with Gasteiger partial charge in [-0.15, -0.1) is 0 Å². The minimum Gasteiger partial charge on any atom is -0.333 e. The summed E-state index contributed by atoms with van der Waals surface area (Å²) in [7, 11) is 0. The minimum absolute atomic E-state index is 0.0934. The SMILES string of the molecule is C=CC1=C(C=C)CN(C(=O)c2cc3ncc(Br)cn3n2)CC1. The maximum absolute atomic E-state index is 12.6. The van der Waals surface area contributed by atoms with Crippen LogP contribution in [0.5, 0.6) is 0 Å². The van der Waals surface area contributed by atoms with Crippen molar-refractivity contribution in [2.45, 2.75) is 6.42 Å². The molecule has 22 heavy (non-hydrogen) atoms. The molecule has 0 radical (unpaired) electrons. The third-order valence-corrected chi connectivity index (χ3v) is 4.12. The normalized spacial score (nSPS) is 15.2. The van der Waals surface area contributed by atoms with Gasteiger partial charge in [0.05, 0.1) is 4.47 Å². The molecule has 3 rings (SSSR count). The molecule has 3 heterocycles. The fourth-order valence-corrected chi connectivity index (χ4v) is 2.82. The fourth-order valence-electron chi connectivity index (χ4n) is 2.52. The topological polar surface area (TPSA) is 50.5 Å². The standard InChI is InChI=1S/C16H15BrN4O/c1-3-11-5-6-20(9-12(11)4-2)16(22)14-7-15-18-8-13(17)10-21(15)19-14/h3-4,7-8,10H,1-2,5-6,9H2. The first-order valence-corrected chi connectivity index (χ1v) is 7.69. The van der Waals surface area contributed by atoms with Crippen molar-refractivity contribution in [1.82, 2.24) is 19.5 Å². The molecule has 112 valence electrons. The molecular weight excluding hydrogens is 344 g/mol. The molecule has 6 heteroatoms. The van der Waals surface area contributed by atoms with Crippen molar-refractivity contribution in [3.05, 3.63) is 65.1 Å². The summed E-state index contributed by atoms with van der Waals surface area (Å²) in [6, 6.07) is 1.70. The van der Waals surface area contributed by atoms with Gasteiger partial charge in [0.25, 0.3) is 5.91 Å². The Bertz CT molecular complexity index is 806. The highest BCUT2D eigenvalue weighted by atomic mass is 79.9. The number of carbonyl (C=O) groups is 1. The molecule has 0 aliphatic carbocycles. The quantitative estimate of drug-likeness (QED) is 0.847. The monoisotopic (exact) mass is 358 g/mol. The second-order valence-corrected chi connectivity index (χ2v) is 5.96. The summed E-state index contributed by atoms with van der Waals surface area (Å²) in [6.07, 6.45) is 7.87. The van der Waals surface area contributed by atoms with Gasteiger partial charge in [-0.1, -0.05) is 25.3 Å². The van der Waals surface area contributed by atoms with Crippen molar-refractivity contribution in [3.8, 4) is 0 Å². The minimum atomic E-state index is -0.0934. The Morgan fingerprint density at radius 2 is 2.09 bits per heavy atom. The van der Waals surface area contributed by atoms with Crippen LogP contribution in [-0.2, 0) is 0 Å². The Labute approximate surface area is 136 Å². The number of hydrogen-bond donors (Lipinski definition) is 0. The zero-order chi connectivity index (χ0) is 15.7. The third kappa shape index (κ3) is 2.62. The molecule has 0 bridgehead atoms. The van der Waals surface area contributed by atoms with Crippen molar-refractivity contribution in [2.75, 3.05) is 13.1 Å². The van der Waals surface area contributed by atoms with Crippen molar-refractivity contribution in [2.24, 2.45) is 0 Å². The first-order chi connectivity index (χ1) is 10.6. The summed E-state index contributed by atoms with van der Waals surface area (Å²) in [6.45, 7) is 8.82.